The fourth-order valence-corrected chi connectivity index (χ4v) is 3.63. The van der Waals surface area contributed by atoms with Crippen molar-refractivity contribution in [1.82, 2.24) is 4.90 Å². The van der Waals surface area contributed by atoms with E-state index in [0.29, 0.717) is 6.42 Å². The Kier molecular flexibility index (Phi) is 2.86. The molecule has 1 aliphatic carbocycles. The van der Waals surface area contributed by atoms with Crippen LogP contribution in [0.15, 0.2) is 17.5 Å². The first-order chi connectivity index (χ1) is 8.68. The summed E-state index contributed by atoms with van der Waals surface area (Å²) in [5.74, 6) is -1.51. The number of carbonyl (C=O) groups excluding carboxylic acids is 1. The van der Waals surface area contributed by atoms with Gasteiger partial charge in [-0.05, 0) is 30.7 Å². The highest BCUT2D eigenvalue weighted by atomic mass is 32.1. The number of thiophene rings is 1. The molecule has 0 radical (unpaired) electrons. The summed E-state index contributed by atoms with van der Waals surface area (Å²) in [5, 5.41) is 10.9. The maximum Gasteiger partial charge on any atom is 0.307 e. The summed E-state index contributed by atoms with van der Waals surface area (Å²) in [4.78, 5) is 26.2. The van der Waals surface area contributed by atoms with Gasteiger partial charge in [0.15, 0.2) is 0 Å². The van der Waals surface area contributed by atoms with Crippen molar-refractivity contribution >= 4 is 23.2 Å². The third kappa shape index (κ3) is 1.92. The standard InChI is InChI=1S/C13H15NO3S/c15-12(8-7-9(8)13(16)17)14-5-1-3-10(14)11-4-2-6-18-11/h2,4,6,8-10H,1,3,5,7H2,(H,16,17)/t8-,9+,10?/m1/s1. The summed E-state index contributed by atoms with van der Waals surface area (Å²) >= 11 is 1.67. The van der Waals surface area contributed by atoms with E-state index in [1.807, 2.05) is 16.3 Å². The minimum Gasteiger partial charge on any atom is -0.481 e. The first-order valence-corrected chi connectivity index (χ1v) is 7.13. The average Bonchev–Trinajstić information content (AvgIpc) is 2.78. The minimum atomic E-state index is -0.833. The molecule has 1 saturated heterocycles. The zero-order valence-electron chi connectivity index (χ0n) is 9.91. The second kappa shape index (κ2) is 4.39. The Hall–Kier alpha value is -1.36. The monoisotopic (exact) mass is 265 g/mol. The smallest absolute Gasteiger partial charge is 0.307 e. The second-order valence-corrected chi connectivity index (χ2v) is 5.97. The molecule has 0 spiro atoms. The number of rotatable bonds is 3. The first-order valence-electron chi connectivity index (χ1n) is 6.25. The third-order valence-electron chi connectivity index (χ3n) is 3.83. The first kappa shape index (κ1) is 11.7. The highest BCUT2D eigenvalue weighted by Gasteiger charge is 2.51. The van der Waals surface area contributed by atoms with Gasteiger partial charge >= 0.3 is 5.97 Å². The summed E-state index contributed by atoms with van der Waals surface area (Å²) < 4.78 is 0. The average molecular weight is 265 g/mol. The Labute approximate surface area is 109 Å². The van der Waals surface area contributed by atoms with Gasteiger partial charge < -0.3 is 10.0 Å². The molecule has 1 saturated carbocycles. The predicted octanol–water partition coefficient (Wildman–Crippen LogP) is 2.13. The number of carbonyl (C=O) groups is 2. The van der Waals surface area contributed by atoms with Gasteiger partial charge in [0.2, 0.25) is 5.91 Å². The van der Waals surface area contributed by atoms with E-state index in [1.165, 1.54) is 4.88 Å². The van der Waals surface area contributed by atoms with E-state index in [0.717, 1.165) is 19.4 Å². The van der Waals surface area contributed by atoms with Crippen LogP contribution in [0.4, 0.5) is 0 Å². The largest absolute Gasteiger partial charge is 0.481 e. The summed E-state index contributed by atoms with van der Waals surface area (Å²) in [5.41, 5.74) is 0. The molecule has 2 fully saturated rings. The van der Waals surface area contributed by atoms with E-state index in [4.69, 9.17) is 5.11 Å². The minimum absolute atomic E-state index is 0.0401. The number of carboxylic acids is 1. The van der Waals surface area contributed by atoms with Crippen LogP contribution in [0, 0.1) is 11.8 Å². The third-order valence-corrected chi connectivity index (χ3v) is 4.81. The molecule has 5 heteroatoms. The maximum absolute atomic E-state index is 12.3. The molecule has 3 rings (SSSR count). The van der Waals surface area contributed by atoms with E-state index in [1.54, 1.807) is 11.3 Å². The van der Waals surface area contributed by atoms with Crippen LogP contribution < -0.4 is 0 Å². The molecule has 96 valence electrons. The van der Waals surface area contributed by atoms with E-state index >= 15 is 0 Å². The molecule has 1 N–H and O–H groups in total. The van der Waals surface area contributed by atoms with Gasteiger partial charge in [0.25, 0.3) is 0 Å². The lowest BCUT2D eigenvalue weighted by molar-refractivity contribution is -0.142. The fraction of sp³-hybridized carbons (Fsp3) is 0.538. The maximum atomic E-state index is 12.3. The van der Waals surface area contributed by atoms with Crippen LogP contribution in [0.25, 0.3) is 0 Å². The quantitative estimate of drug-likeness (QED) is 0.911. The van der Waals surface area contributed by atoms with Crippen LogP contribution in [0.1, 0.15) is 30.2 Å². The summed E-state index contributed by atoms with van der Waals surface area (Å²) in [6.07, 6.45) is 2.53. The molecule has 2 heterocycles. The van der Waals surface area contributed by atoms with Gasteiger partial charge in [-0.25, -0.2) is 0 Å². The molecule has 1 aromatic heterocycles. The van der Waals surface area contributed by atoms with Crippen molar-refractivity contribution in [3.05, 3.63) is 22.4 Å². The van der Waals surface area contributed by atoms with Crippen LogP contribution in [0.5, 0.6) is 0 Å². The number of aliphatic carboxylic acids is 1. The second-order valence-electron chi connectivity index (χ2n) is 4.99. The molecular formula is C13H15NO3S. The molecule has 1 aromatic rings. The highest BCUT2D eigenvalue weighted by molar-refractivity contribution is 7.10. The van der Waals surface area contributed by atoms with Crippen molar-refractivity contribution in [3.63, 3.8) is 0 Å². The van der Waals surface area contributed by atoms with Gasteiger partial charge in [-0.2, -0.15) is 0 Å². The number of hydrogen-bond donors (Lipinski definition) is 1. The molecule has 1 aliphatic heterocycles. The molecule has 4 nitrogen and oxygen atoms in total. The molecule has 0 bridgehead atoms. The molecule has 2 aliphatic rings. The van der Waals surface area contributed by atoms with E-state index in [9.17, 15) is 9.59 Å². The topological polar surface area (TPSA) is 57.6 Å². The normalized spacial score (nSPS) is 30.4. The van der Waals surface area contributed by atoms with Gasteiger partial charge in [0.05, 0.1) is 17.9 Å². The van der Waals surface area contributed by atoms with Gasteiger partial charge in [-0.1, -0.05) is 6.07 Å². The molecule has 18 heavy (non-hydrogen) atoms. The molecule has 1 amide bonds. The van der Waals surface area contributed by atoms with E-state index < -0.39 is 11.9 Å². The Bertz CT molecular complexity index is 471. The van der Waals surface area contributed by atoms with Gasteiger partial charge in [-0.3, -0.25) is 9.59 Å². The zero-order chi connectivity index (χ0) is 12.7. The Morgan fingerprint density at radius 2 is 2.22 bits per heavy atom. The molecular weight excluding hydrogens is 250 g/mol. The predicted molar refractivity (Wildman–Crippen MR) is 67.2 cm³/mol. The van der Waals surface area contributed by atoms with Crippen molar-refractivity contribution < 1.29 is 14.7 Å². The molecule has 0 aromatic carbocycles. The van der Waals surface area contributed by atoms with Crippen LogP contribution in [0.3, 0.4) is 0 Å². The lowest BCUT2D eigenvalue weighted by atomic mass is 10.1. The highest BCUT2D eigenvalue weighted by Crippen LogP contribution is 2.44. The lowest BCUT2D eigenvalue weighted by Crippen LogP contribution is -2.32. The van der Waals surface area contributed by atoms with Crippen LogP contribution >= 0.6 is 11.3 Å². The van der Waals surface area contributed by atoms with Crippen molar-refractivity contribution in [2.45, 2.75) is 25.3 Å². The number of likely N-dealkylation sites (tertiary alicyclic amines) is 1. The Morgan fingerprint density at radius 3 is 2.83 bits per heavy atom. The van der Waals surface area contributed by atoms with Crippen molar-refractivity contribution in [1.29, 1.82) is 0 Å². The van der Waals surface area contributed by atoms with Gasteiger partial charge in [0.1, 0.15) is 0 Å². The number of amides is 1. The van der Waals surface area contributed by atoms with Crippen molar-refractivity contribution in [3.8, 4) is 0 Å². The number of nitrogens with zero attached hydrogens (tertiary/aromatic N) is 1. The number of hydrogen-bond acceptors (Lipinski definition) is 3. The number of carboxylic acid groups (broad SMARTS) is 1. The van der Waals surface area contributed by atoms with E-state index in [2.05, 4.69) is 6.07 Å². The molecule has 1 unspecified atom stereocenters. The zero-order valence-corrected chi connectivity index (χ0v) is 10.7. The van der Waals surface area contributed by atoms with E-state index in [-0.39, 0.29) is 17.9 Å². The molecule has 3 atom stereocenters. The Morgan fingerprint density at radius 1 is 1.39 bits per heavy atom. The summed E-state index contributed by atoms with van der Waals surface area (Å²) in [7, 11) is 0. The summed E-state index contributed by atoms with van der Waals surface area (Å²) in [6.45, 7) is 0.768. The van der Waals surface area contributed by atoms with Crippen LogP contribution in [0.2, 0.25) is 0 Å². The van der Waals surface area contributed by atoms with Crippen molar-refractivity contribution in [2.24, 2.45) is 11.8 Å². The summed E-state index contributed by atoms with van der Waals surface area (Å²) in [6, 6.07) is 4.23. The fourth-order valence-electron chi connectivity index (χ4n) is 2.76. The Balaban J connectivity index is 1.72. The van der Waals surface area contributed by atoms with Crippen LogP contribution in [-0.2, 0) is 9.59 Å². The van der Waals surface area contributed by atoms with Gasteiger partial charge in [-0.15, -0.1) is 11.3 Å². The SMILES string of the molecule is O=C(O)[C@H]1C[C@H]1C(=O)N1CCCC1c1cccs1. The van der Waals surface area contributed by atoms with Crippen LogP contribution in [-0.4, -0.2) is 28.4 Å². The van der Waals surface area contributed by atoms with Crippen molar-refractivity contribution in [2.75, 3.05) is 6.54 Å². The van der Waals surface area contributed by atoms with Gasteiger partial charge in [0, 0.05) is 11.4 Å². The lowest BCUT2D eigenvalue weighted by Gasteiger charge is -2.24.